The van der Waals surface area contributed by atoms with Gasteiger partial charge in [-0.25, -0.2) is 9.97 Å². The number of pyridine rings is 2. The second kappa shape index (κ2) is 6.32. The van der Waals surface area contributed by atoms with Crippen LogP contribution in [0, 0.1) is 11.3 Å². The minimum atomic E-state index is -0.145. The fraction of sp³-hybridized carbons (Fsp3) is 0.250. The molecule has 116 valence electrons. The molecule has 0 aliphatic carbocycles. The van der Waals surface area contributed by atoms with E-state index in [4.69, 9.17) is 14.7 Å². The summed E-state index contributed by atoms with van der Waals surface area (Å²) in [5, 5.41) is 8.85. The van der Waals surface area contributed by atoms with Gasteiger partial charge in [0.1, 0.15) is 11.7 Å². The monoisotopic (exact) mass is 310 g/mol. The fourth-order valence-corrected chi connectivity index (χ4v) is 2.28. The van der Waals surface area contributed by atoms with Crippen molar-refractivity contribution >= 4 is 5.91 Å². The number of hydrogen-bond acceptors (Lipinski definition) is 6. The number of likely N-dealkylation sites (tertiary alicyclic amines) is 1. The maximum absolute atomic E-state index is 12.4. The number of amides is 1. The van der Waals surface area contributed by atoms with Crippen LogP contribution in [0.3, 0.4) is 0 Å². The summed E-state index contributed by atoms with van der Waals surface area (Å²) < 4.78 is 10.8. The Labute approximate surface area is 133 Å². The van der Waals surface area contributed by atoms with E-state index < -0.39 is 0 Å². The van der Waals surface area contributed by atoms with E-state index >= 15 is 0 Å². The Morgan fingerprint density at radius 3 is 2.91 bits per heavy atom. The number of rotatable bonds is 4. The molecule has 0 bridgehead atoms. The highest BCUT2D eigenvalue weighted by Gasteiger charge is 2.34. The summed E-state index contributed by atoms with van der Waals surface area (Å²) in [7, 11) is 1.48. The fourth-order valence-electron chi connectivity index (χ4n) is 2.28. The lowest BCUT2D eigenvalue weighted by Crippen LogP contribution is -2.56. The zero-order chi connectivity index (χ0) is 16.2. The van der Waals surface area contributed by atoms with Crippen LogP contribution in [-0.4, -0.2) is 47.1 Å². The van der Waals surface area contributed by atoms with Gasteiger partial charge in [0.15, 0.2) is 0 Å². The number of hydrogen-bond donors (Lipinski definition) is 0. The van der Waals surface area contributed by atoms with Crippen LogP contribution in [0.15, 0.2) is 36.7 Å². The predicted molar refractivity (Wildman–Crippen MR) is 80.1 cm³/mol. The lowest BCUT2D eigenvalue weighted by atomic mass is 10.1. The zero-order valence-electron chi connectivity index (χ0n) is 12.5. The Morgan fingerprint density at radius 2 is 2.17 bits per heavy atom. The summed E-state index contributed by atoms with van der Waals surface area (Å²) in [5.74, 6) is 0.555. The third kappa shape index (κ3) is 3.06. The molecule has 1 saturated heterocycles. The molecule has 0 atom stereocenters. The molecule has 0 aromatic carbocycles. The van der Waals surface area contributed by atoms with Gasteiger partial charge >= 0.3 is 0 Å². The first-order valence-electron chi connectivity index (χ1n) is 7.02. The van der Waals surface area contributed by atoms with Gasteiger partial charge in [0.25, 0.3) is 5.91 Å². The molecule has 2 aromatic heterocycles. The zero-order valence-corrected chi connectivity index (χ0v) is 12.5. The molecule has 3 heterocycles. The Morgan fingerprint density at radius 1 is 1.35 bits per heavy atom. The molecule has 0 saturated carbocycles. The second-order valence-corrected chi connectivity index (χ2v) is 5.00. The molecule has 0 radical (unpaired) electrons. The van der Waals surface area contributed by atoms with Gasteiger partial charge in [-0.1, -0.05) is 0 Å². The molecule has 7 heteroatoms. The maximum Gasteiger partial charge on any atom is 0.259 e. The summed E-state index contributed by atoms with van der Waals surface area (Å²) in [5.41, 5.74) is 0.917. The standard InChI is InChI=1S/C16H14N4O3/c1-22-15-13(3-2-5-19-15)16(21)20-9-12(10-20)23-14-7-11(8-17)4-6-18-14/h2-7,12H,9-10H2,1H3. The van der Waals surface area contributed by atoms with Gasteiger partial charge < -0.3 is 14.4 Å². The maximum atomic E-state index is 12.4. The Kier molecular flexibility index (Phi) is 4.06. The first kappa shape index (κ1) is 14.8. The highest BCUT2D eigenvalue weighted by molar-refractivity contribution is 5.96. The van der Waals surface area contributed by atoms with E-state index in [0.29, 0.717) is 36.0 Å². The SMILES string of the molecule is COc1ncccc1C(=O)N1CC(Oc2cc(C#N)ccn2)C1. The van der Waals surface area contributed by atoms with Gasteiger partial charge in [0, 0.05) is 18.5 Å². The number of methoxy groups -OCH3 is 1. The average Bonchev–Trinajstić information content (AvgIpc) is 2.57. The van der Waals surface area contributed by atoms with Crippen molar-refractivity contribution in [1.29, 1.82) is 5.26 Å². The lowest BCUT2D eigenvalue weighted by molar-refractivity contribution is 0.0157. The number of carbonyl (C=O) groups is 1. The van der Waals surface area contributed by atoms with Crippen LogP contribution >= 0.6 is 0 Å². The van der Waals surface area contributed by atoms with E-state index in [1.807, 2.05) is 6.07 Å². The molecule has 23 heavy (non-hydrogen) atoms. The largest absolute Gasteiger partial charge is 0.480 e. The van der Waals surface area contributed by atoms with Gasteiger partial charge in [0.2, 0.25) is 11.8 Å². The first-order chi connectivity index (χ1) is 11.2. The Bertz CT molecular complexity index is 766. The van der Waals surface area contributed by atoms with E-state index in [2.05, 4.69) is 9.97 Å². The van der Waals surface area contributed by atoms with Gasteiger partial charge in [-0.2, -0.15) is 5.26 Å². The van der Waals surface area contributed by atoms with Crippen molar-refractivity contribution in [2.75, 3.05) is 20.2 Å². The molecule has 1 aliphatic rings. The smallest absolute Gasteiger partial charge is 0.259 e. The van der Waals surface area contributed by atoms with E-state index in [9.17, 15) is 4.79 Å². The van der Waals surface area contributed by atoms with E-state index in [-0.39, 0.29) is 12.0 Å². The third-order valence-corrected chi connectivity index (χ3v) is 3.48. The topological polar surface area (TPSA) is 88.3 Å². The first-order valence-corrected chi connectivity index (χ1v) is 7.02. The summed E-state index contributed by atoms with van der Waals surface area (Å²) in [6.07, 6.45) is 2.96. The van der Waals surface area contributed by atoms with Crippen molar-refractivity contribution in [1.82, 2.24) is 14.9 Å². The van der Waals surface area contributed by atoms with E-state index in [0.717, 1.165) is 0 Å². The summed E-state index contributed by atoms with van der Waals surface area (Å²) in [6, 6.07) is 8.60. The minimum Gasteiger partial charge on any atom is -0.480 e. The van der Waals surface area contributed by atoms with Crippen molar-refractivity contribution < 1.29 is 14.3 Å². The molecular weight excluding hydrogens is 296 g/mol. The number of nitrogens with zero attached hydrogens (tertiary/aromatic N) is 4. The molecule has 3 rings (SSSR count). The Balaban J connectivity index is 1.60. The quantitative estimate of drug-likeness (QED) is 0.844. The molecule has 0 unspecified atom stereocenters. The molecule has 0 N–H and O–H groups in total. The summed E-state index contributed by atoms with van der Waals surface area (Å²) >= 11 is 0. The average molecular weight is 310 g/mol. The van der Waals surface area contributed by atoms with Crippen molar-refractivity contribution in [3.63, 3.8) is 0 Å². The van der Waals surface area contributed by atoms with Gasteiger partial charge in [0.05, 0.1) is 31.8 Å². The van der Waals surface area contributed by atoms with Crippen LogP contribution in [0.5, 0.6) is 11.8 Å². The number of carbonyl (C=O) groups excluding carboxylic acids is 1. The second-order valence-electron chi connectivity index (χ2n) is 5.00. The number of ether oxygens (including phenoxy) is 2. The third-order valence-electron chi connectivity index (χ3n) is 3.48. The van der Waals surface area contributed by atoms with Crippen LogP contribution in [0.1, 0.15) is 15.9 Å². The minimum absolute atomic E-state index is 0.136. The normalized spacial score (nSPS) is 13.8. The van der Waals surface area contributed by atoms with Gasteiger partial charge in [-0.05, 0) is 18.2 Å². The van der Waals surface area contributed by atoms with E-state index in [1.54, 1.807) is 35.4 Å². The molecule has 0 spiro atoms. The van der Waals surface area contributed by atoms with Crippen LogP contribution in [0.25, 0.3) is 0 Å². The van der Waals surface area contributed by atoms with Crippen LogP contribution < -0.4 is 9.47 Å². The molecule has 7 nitrogen and oxygen atoms in total. The molecule has 2 aromatic rings. The predicted octanol–water partition coefficient (Wildman–Crippen LogP) is 1.26. The molecule has 1 fully saturated rings. The van der Waals surface area contributed by atoms with E-state index in [1.165, 1.54) is 13.3 Å². The van der Waals surface area contributed by atoms with Crippen molar-refractivity contribution in [3.8, 4) is 17.8 Å². The summed E-state index contributed by atoms with van der Waals surface area (Å²) in [6.45, 7) is 0.907. The molecule has 1 aliphatic heterocycles. The van der Waals surface area contributed by atoms with Crippen LogP contribution in [0.4, 0.5) is 0 Å². The lowest BCUT2D eigenvalue weighted by Gasteiger charge is -2.38. The van der Waals surface area contributed by atoms with Crippen LogP contribution in [-0.2, 0) is 0 Å². The summed E-state index contributed by atoms with van der Waals surface area (Å²) in [4.78, 5) is 22.1. The number of nitriles is 1. The van der Waals surface area contributed by atoms with Crippen molar-refractivity contribution in [2.24, 2.45) is 0 Å². The highest BCUT2D eigenvalue weighted by Crippen LogP contribution is 2.22. The highest BCUT2D eigenvalue weighted by atomic mass is 16.5. The molecular formula is C16H14N4O3. The Hall–Kier alpha value is -3.14. The van der Waals surface area contributed by atoms with Crippen molar-refractivity contribution in [2.45, 2.75) is 6.10 Å². The van der Waals surface area contributed by atoms with Gasteiger partial charge in [-0.15, -0.1) is 0 Å². The van der Waals surface area contributed by atoms with Crippen molar-refractivity contribution in [3.05, 3.63) is 47.8 Å². The number of aromatic nitrogens is 2. The van der Waals surface area contributed by atoms with Gasteiger partial charge in [-0.3, -0.25) is 4.79 Å². The van der Waals surface area contributed by atoms with Crippen LogP contribution in [0.2, 0.25) is 0 Å². The molecule has 1 amide bonds.